The molecule has 0 aromatic heterocycles. The first-order chi connectivity index (χ1) is 9.24. The van der Waals surface area contributed by atoms with Crippen LogP contribution in [0.3, 0.4) is 0 Å². The fraction of sp³-hybridized carbons (Fsp3) is 0.625. The summed E-state index contributed by atoms with van der Waals surface area (Å²) in [6.45, 7) is 4.98. The van der Waals surface area contributed by atoms with E-state index < -0.39 is 0 Å². The standard InChI is InChI=1S/C16H24N2O/c1-12-4-3-5-13(10-12)16-15(11-17-14-6-7-14)19-9-8-18(16)2/h3-5,10,14-17H,6-9,11H2,1-2H3. The Balaban J connectivity index is 1.75. The van der Waals surface area contributed by atoms with Crippen molar-refractivity contribution in [1.29, 1.82) is 0 Å². The number of ether oxygens (including phenoxy) is 1. The zero-order chi connectivity index (χ0) is 13.2. The average molecular weight is 260 g/mol. The van der Waals surface area contributed by atoms with Crippen LogP contribution in [-0.2, 0) is 4.74 Å². The molecule has 1 saturated carbocycles. The Kier molecular flexibility index (Phi) is 3.87. The molecule has 2 atom stereocenters. The van der Waals surface area contributed by atoms with Crippen LogP contribution in [0.15, 0.2) is 24.3 Å². The molecule has 19 heavy (non-hydrogen) atoms. The summed E-state index contributed by atoms with van der Waals surface area (Å²) in [7, 11) is 2.21. The Morgan fingerprint density at radius 1 is 1.37 bits per heavy atom. The van der Waals surface area contributed by atoms with Gasteiger partial charge in [0.2, 0.25) is 0 Å². The summed E-state index contributed by atoms with van der Waals surface area (Å²) >= 11 is 0. The molecule has 1 N–H and O–H groups in total. The third kappa shape index (κ3) is 3.16. The highest BCUT2D eigenvalue weighted by Gasteiger charge is 2.32. The number of benzene rings is 1. The molecule has 2 fully saturated rings. The van der Waals surface area contributed by atoms with Gasteiger partial charge < -0.3 is 10.1 Å². The van der Waals surface area contributed by atoms with Crippen molar-refractivity contribution >= 4 is 0 Å². The number of hydrogen-bond donors (Lipinski definition) is 1. The molecular formula is C16H24N2O. The van der Waals surface area contributed by atoms with Crippen molar-refractivity contribution in [3.8, 4) is 0 Å². The van der Waals surface area contributed by atoms with Crippen LogP contribution >= 0.6 is 0 Å². The third-order valence-corrected chi connectivity index (χ3v) is 4.17. The number of nitrogens with one attached hydrogen (secondary N) is 1. The van der Waals surface area contributed by atoms with Gasteiger partial charge in [0.05, 0.1) is 18.8 Å². The summed E-state index contributed by atoms with van der Waals surface area (Å²) in [5.41, 5.74) is 2.70. The normalized spacial score (nSPS) is 28.5. The number of rotatable bonds is 4. The largest absolute Gasteiger partial charge is 0.374 e. The minimum atomic E-state index is 0.265. The number of likely N-dealkylation sites (N-methyl/N-ethyl adjacent to an activating group) is 1. The Bertz CT molecular complexity index is 431. The van der Waals surface area contributed by atoms with Gasteiger partial charge in [0.1, 0.15) is 0 Å². The first kappa shape index (κ1) is 13.1. The molecule has 1 heterocycles. The van der Waals surface area contributed by atoms with Gasteiger partial charge in [-0.25, -0.2) is 0 Å². The van der Waals surface area contributed by atoms with Gasteiger partial charge in [0, 0.05) is 19.1 Å². The van der Waals surface area contributed by atoms with E-state index in [0.717, 1.165) is 25.7 Å². The molecule has 3 nitrogen and oxygen atoms in total. The molecular weight excluding hydrogens is 236 g/mol. The van der Waals surface area contributed by atoms with Crippen LogP contribution in [0.25, 0.3) is 0 Å². The first-order valence-electron chi connectivity index (χ1n) is 7.36. The van der Waals surface area contributed by atoms with Gasteiger partial charge in [-0.3, -0.25) is 4.90 Å². The lowest BCUT2D eigenvalue weighted by Gasteiger charge is -2.39. The quantitative estimate of drug-likeness (QED) is 0.897. The van der Waals surface area contributed by atoms with Gasteiger partial charge in [-0.1, -0.05) is 29.8 Å². The fourth-order valence-corrected chi connectivity index (χ4v) is 2.93. The smallest absolute Gasteiger partial charge is 0.0896 e. The predicted molar refractivity (Wildman–Crippen MR) is 77.3 cm³/mol. The van der Waals surface area contributed by atoms with Crippen molar-refractivity contribution in [3.05, 3.63) is 35.4 Å². The van der Waals surface area contributed by atoms with E-state index in [0.29, 0.717) is 6.04 Å². The van der Waals surface area contributed by atoms with Crippen LogP contribution in [0.2, 0.25) is 0 Å². The third-order valence-electron chi connectivity index (χ3n) is 4.17. The molecule has 1 aliphatic heterocycles. The molecule has 2 unspecified atom stereocenters. The zero-order valence-corrected chi connectivity index (χ0v) is 11.9. The lowest BCUT2D eigenvalue weighted by atomic mass is 9.97. The second-order valence-electron chi connectivity index (χ2n) is 5.93. The molecule has 0 radical (unpaired) electrons. The predicted octanol–water partition coefficient (Wildman–Crippen LogP) is 2.12. The van der Waals surface area contributed by atoms with Gasteiger partial charge in [0.25, 0.3) is 0 Å². The minimum absolute atomic E-state index is 0.265. The van der Waals surface area contributed by atoms with E-state index in [2.05, 4.69) is 48.5 Å². The molecule has 2 aliphatic rings. The minimum Gasteiger partial charge on any atom is -0.374 e. The van der Waals surface area contributed by atoms with Gasteiger partial charge in [-0.2, -0.15) is 0 Å². The van der Waals surface area contributed by atoms with Crippen molar-refractivity contribution in [2.24, 2.45) is 0 Å². The topological polar surface area (TPSA) is 24.5 Å². The highest BCUT2D eigenvalue weighted by molar-refractivity contribution is 5.26. The second kappa shape index (κ2) is 5.61. The van der Waals surface area contributed by atoms with Crippen molar-refractivity contribution in [2.45, 2.75) is 38.0 Å². The molecule has 1 aliphatic carbocycles. The Labute approximate surface area is 115 Å². The van der Waals surface area contributed by atoms with Crippen LogP contribution < -0.4 is 5.32 Å². The summed E-state index contributed by atoms with van der Waals surface area (Å²) in [6.07, 6.45) is 2.93. The maximum Gasteiger partial charge on any atom is 0.0896 e. The highest BCUT2D eigenvalue weighted by Crippen LogP contribution is 2.29. The molecule has 3 heteroatoms. The van der Waals surface area contributed by atoms with Crippen molar-refractivity contribution < 1.29 is 4.74 Å². The van der Waals surface area contributed by atoms with E-state index >= 15 is 0 Å². The van der Waals surface area contributed by atoms with E-state index in [9.17, 15) is 0 Å². The lowest BCUT2D eigenvalue weighted by molar-refractivity contribution is -0.0615. The van der Waals surface area contributed by atoms with Gasteiger partial charge in [0.15, 0.2) is 0 Å². The van der Waals surface area contributed by atoms with Crippen molar-refractivity contribution in [3.63, 3.8) is 0 Å². The summed E-state index contributed by atoms with van der Waals surface area (Å²) in [5, 5.41) is 3.61. The van der Waals surface area contributed by atoms with Gasteiger partial charge >= 0.3 is 0 Å². The Hall–Kier alpha value is -0.900. The van der Waals surface area contributed by atoms with E-state index in [1.54, 1.807) is 0 Å². The van der Waals surface area contributed by atoms with Crippen molar-refractivity contribution in [2.75, 3.05) is 26.7 Å². The number of aryl methyl sites for hydroxylation is 1. The van der Waals surface area contributed by atoms with E-state index in [1.807, 2.05) is 0 Å². The van der Waals surface area contributed by atoms with Crippen LogP contribution in [0.4, 0.5) is 0 Å². The fourth-order valence-electron chi connectivity index (χ4n) is 2.93. The Morgan fingerprint density at radius 3 is 2.95 bits per heavy atom. The van der Waals surface area contributed by atoms with Crippen LogP contribution in [0.5, 0.6) is 0 Å². The summed E-state index contributed by atoms with van der Waals surface area (Å²) in [4.78, 5) is 2.43. The molecule has 1 aromatic carbocycles. The number of hydrogen-bond acceptors (Lipinski definition) is 3. The van der Waals surface area contributed by atoms with E-state index in [-0.39, 0.29) is 6.10 Å². The molecule has 0 bridgehead atoms. The monoisotopic (exact) mass is 260 g/mol. The molecule has 1 saturated heterocycles. The van der Waals surface area contributed by atoms with E-state index in [1.165, 1.54) is 24.0 Å². The van der Waals surface area contributed by atoms with E-state index in [4.69, 9.17) is 4.74 Å². The van der Waals surface area contributed by atoms with Gasteiger partial charge in [-0.15, -0.1) is 0 Å². The average Bonchev–Trinajstić information content (AvgIpc) is 3.20. The molecule has 1 aromatic rings. The molecule has 3 rings (SSSR count). The molecule has 0 spiro atoms. The Morgan fingerprint density at radius 2 is 2.21 bits per heavy atom. The number of morpholine rings is 1. The molecule has 104 valence electrons. The summed E-state index contributed by atoms with van der Waals surface area (Å²) < 4.78 is 6.03. The second-order valence-corrected chi connectivity index (χ2v) is 5.93. The van der Waals surface area contributed by atoms with Crippen molar-refractivity contribution in [1.82, 2.24) is 10.2 Å². The van der Waals surface area contributed by atoms with Crippen LogP contribution in [-0.4, -0.2) is 43.8 Å². The maximum atomic E-state index is 6.03. The SMILES string of the molecule is Cc1cccc(C2C(CNC3CC3)OCCN2C)c1. The highest BCUT2D eigenvalue weighted by atomic mass is 16.5. The molecule has 0 amide bonds. The first-order valence-corrected chi connectivity index (χ1v) is 7.36. The summed E-state index contributed by atoms with van der Waals surface area (Å²) in [6, 6.07) is 9.95. The number of nitrogens with zero attached hydrogens (tertiary/aromatic N) is 1. The summed E-state index contributed by atoms with van der Waals surface area (Å²) in [5.74, 6) is 0. The van der Waals surface area contributed by atoms with Crippen LogP contribution in [0.1, 0.15) is 30.0 Å². The van der Waals surface area contributed by atoms with Gasteiger partial charge in [-0.05, 0) is 32.4 Å². The zero-order valence-electron chi connectivity index (χ0n) is 11.9. The van der Waals surface area contributed by atoms with Crippen LogP contribution in [0, 0.1) is 6.92 Å². The maximum absolute atomic E-state index is 6.03. The lowest BCUT2D eigenvalue weighted by Crippen LogP contribution is -2.47.